The van der Waals surface area contributed by atoms with Gasteiger partial charge in [0, 0.05) is 24.7 Å². The van der Waals surface area contributed by atoms with E-state index >= 15 is 0 Å². The van der Waals surface area contributed by atoms with Crippen LogP contribution >= 0.6 is 0 Å². The second-order valence-electron chi connectivity index (χ2n) is 7.26. The number of rotatable bonds is 3. The van der Waals surface area contributed by atoms with E-state index < -0.39 is 10.0 Å². The van der Waals surface area contributed by atoms with Gasteiger partial charge in [-0.15, -0.1) is 0 Å². The van der Waals surface area contributed by atoms with E-state index in [1.807, 2.05) is 24.3 Å². The first-order valence-electron chi connectivity index (χ1n) is 7.94. The molecule has 128 valence electrons. The van der Waals surface area contributed by atoms with Crippen LogP contribution in [0.3, 0.4) is 0 Å². The van der Waals surface area contributed by atoms with Crippen LogP contribution in [0.1, 0.15) is 49.5 Å². The fourth-order valence-electron chi connectivity index (χ4n) is 2.75. The molecule has 0 spiro atoms. The number of sulfonamides is 1. The van der Waals surface area contributed by atoms with Crippen LogP contribution in [-0.4, -0.2) is 44.0 Å². The lowest BCUT2D eigenvalue weighted by Crippen LogP contribution is -2.49. The number of nitrogens with one attached hydrogen (secondary N) is 1. The third-order valence-corrected chi connectivity index (χ3v) is 5.47. The monoisotopic (exact) mass is 338 g/mol. The minimum atomic E-state index is -3.20. The molecule has 1 N–H and O–H groups in total. The van der Waals surface area contributed by atoms with Crippen LogP contribution in [0.5, 0.6) is 0 Å². The highest BCUT2D eigenvalue weighted by Gasteiger charge is 2.27. The first-order chi connectivity index (χ1) is 10.6. The number of hydrogen-bond acceptors (Lipinski definition) is 3. The van der Waals surface area contributed by atoms with Crippen molar-refractivity contribution in [2.45, 2.75) is 45.1 Å². The van der Waals surface area contributed by atoms with Gasteiger partial charge in [0.15, 0.2) is 0 Å². The van der Waals surface area contributed by atoms with E-state index in [1.54, 1.807) is 0 Å². The zero-order chi connectivity index (χ0) is 17.3. The Labute approximate surface area is 139 Å². The van der Waals surface area contributed by atoms with Crippen LogP contribution in [0.25, 0.3) is 0 Å². The summed E-state index contributed by atoms with van der Waals surface area (Å²) < 4.78 is 24.7. The maximum atomic E-state index is 12.4. The van der Waals surface area contributed by atoms with Gasteiger partial charge in [0.05, 0.1) is 6.26 Å². The van der Waals surface area contributed by atoms with E-state index in [0.717, 1.165) is 12.8 Å². The van der Waals surface area contributed by atoms with Crippen LogP contribution < -0.4 is 5.32 Å². The van der Waals surface area contributed by atoms with E-state index in [2.05, 4.69) is 26.1 Å². The molecule has 1 fully saturated rings. The third kappa shape index (κ3) is 4.78. The summed E-state index contributed by atoms with van der Waals surface area (Å²) in [6, 6.07) is 7.46. The quantitative estimate of drug-likeness (QED) is 0.918. The molecule has 1 aromatic rings. The van der Waals surface area contributed by atoms with Crippen LogP contribution in [0.15, 0.2) is 24.3 Å². The molecule has 1 unspecified atom stereocenters. The van der Waals surface area contributed by atoms with Crippen molar-refractivity contribution in [2.75, 3.05) is 19.3 Å². The predicted octanol–water partition coefficient (Wildman–Crippen LogP) is 2.14. The third-order valence-electron chi connectivity index (χ3n) is 4.20. The van der Waals surface area contributed by atoms with Gasteiger partial charge < -0.3 is 5.32 Å². The highest BCUT2D eigenvalue weighted by molar-refractivity contribution is 7.88. The maximum Gasteiger partial charge on any atom is 0.251 e. The average Bonchev–Trinajstić information content (AvgIpc) is 2.46. The van der Waals surface area contributed by atoms with Gasteiger partial charge in [0.25, 0.3) is 5.91 Å². The van der Waals surface area contributed by atoms with Crippen LogP contribution in [-0.2, 0) is 15.4 Å². The fraction of sp³-hybridized carbons (Fsp3) is 0.588. The summed E-state index contributed by atoms with van der Waals surface area (Å²) in [5.41, 5.74) is 1.83. The normalized spacial score (nSPS) is 20.3. The number of nitrogens with zero attached hydrogens (tertiary/aromatic N) is 1. The molecule has 0 bridgehead atoms. The van der Waals surface area contributed by atoms with Gasteiger partial charge in [-0.05, 0) is 36.0 Å². The number of hydrogen-bond donors (Lipinski definition) is 1. The minimum Gasteiger partial charge on any atom is -0.348 e. The van der Waals surface area contributed by atoms with Crippen molar-refractivity contribution in [3.63, 3.8) is 0 Å². The fourth-order valence-corrected chi connectivity index (χ4v) is 3.66. The van der Waals surface area contributed by atoms with Gasteiger partial charge in [-0.1, -0.05) is 32.9 Å². The molecular formula is C17H26N2O3S. The van der Waals surface area contributed by atoms with Crippen molar-refractivity contribution < 1.29 is 13.2 Å². The Bertz CT molecular complexity index is 660. The molecule has 0 aliphatic carbocycles. The summed E-state index contributed by atoms with van der Waals surface area (Å²) in [5.74, 6) is -0.147. The minimum absolute atomic E-state index is 0.0500. The first-order valence-corrected chi connectivity index (χ1v) is 9.79. The van der Waals surface area contributed by atoms with Gasteiger partial charge in [-0.25, -0.2) is 12.7 Å². The zero-order valence-corrected chi connectivity index (χ0v) is 15.1. The molecule has 1 saturated heterocycles. The van der Waals surface area contributed by atoms with E-state index in [9.17, 15) is 13.2 Å². The van der Waals surface area contributed by atoms with E-state index in [0.29, 0.717) is 18.7 Å². The second-order valence-corrected chi connectivity index (χ2v) is 9.24. The van der Waals surface area contributed by atoms with Gasteiger partial charge in [-0.2, -0.15) is 0 Å². The summed E-state index contributed by atoms with van der Waals surface area (Å²) in [6.07, 6.45) is 2.78. The van der Waals surface area contributed by atoms with Crippen molar-refractivity contribution in [2.24, 2.45) is 0 Å². The lowest BCUT2D eigenvalue weighted by molar-refractivity contribution is 0.0921. The van der Waals surface area contributed by atoms with Gasteiger partial charge in [0.1, 0.15) is 0 Å². The summed E-state index contributed by atoms with van der Waals surface area (Å²) in [7, 11) is -3.20. The van der Waals surface area contributed by atoms with Gasteiger partial charge >= 0.3 is 0 Å². The molecule has 0 aromatic heterocycles. The van der Waals surface area contributed by atoms with Crippen LogP contribution in [0.2, 0.25) is 0 Å². The molecular weight excluding hydrogens is 312 g/mol. The zero-order valence-electron chi connectivity index (χ0n) is 14.3. The Morgan fingerprint density at radius 2 is 1.83 bits per heavy atom. The Morgan fingerprint density at radius 1 is 1.22 bits per heavy atom. The Kier molecular flexibility index (Phi) is 5.16. The molecule has 2 rings (SSSR count). The van der Waals surface area contributed by atoms with Crippen molar-refractivity contribution >= 4 is 15.9 Å². The van der Waals surface area contributed by atoms with Gasteiger partial charge in [-0.3, -0.25) is 4.79 Å². The van der Waals surface area contributed by atoms with E-state index in [4.69, 9.17) is 0 Å². The van der Waals surface area contributed by atoms with Crippen molar-refractivity contribution in [1.82, 2.24) is 9.62 Å². The van der Waals surface area contributed by atoms with E-state index in [-0.39, 0.29) is 17.4 Å². The highest BCUT2D eigenvalue weighted by atomic mass is 32.2. The number of carbonyl (C=O) groups is 1. The number of amides is 1. The van der Waals surface area contributed by atoms with Crippen molar-refractivity contribution in [3.8, 4) is 0 Å². The standard InChI is InChI=1S/C17H26N2O3S/c1-17(2,3)14-9-7-13(8-10-14)16(20)18-15-6-5-11-19(12-15)23(4,21)22/h7-10,15H,5-6,11-12H2,1-4H3,(H,18,20). The first kappa shape index (κ1) is 17.9. The largest absolute Gasteiger partial charge is 0.348 e. The Hall–Kier alpha value is -1.40. The molecule has 0 radical (unpaired) electrons. The lowest BCUT2D eigenvalue weighted by Gasteiger charge is -2.31. The smallest absolute Gasteiger partial charge is 0.251 e. The molecule has 1 atom stereocenters. The molecule has 1 aliphatic heterocycles. The topological polar surface area (TPSA) is 66.5 Å². The molecule has 1 aromatic carbocycles. The molecule has 5 nitrogen and oxygen atoms in total. The lowest BCUT2D eigenvalue weighted by atomic mass is 9.86. The summed E-state index contributed by atoms with van der Waals surface area (Å²) in [4.78, 5) is 12.4. The summed E-state index contributed by atoms with van der Waals surface area (Å²) in [5, 5.41) is 2.95. The Morgan fingerprint density at radius 3 is 2.35 bits per heavy atom. The van der Waals surface area contributed by atoms with Crippen LogP contribution in [0, 0.1) is 0 Å². The summed E-state index contributed by atoms with van der Waals surface area (Å²) in [6.45, 7) is 7.27. The predicted molar refractivity (Wildman–Crippen MR) is 92.0 cm³/mol. The molecule has 1 amide bonds. The van der Waals surface area contributed by atoms with Crippen LogP contribution in [0.4, 0.5) is 0 Å². The molecule has 1 heterocycles. The number of carbonyl (C=O) groups excluding carboxylic acids is 1. The molecule has 1 aliphatic rings. The number of piperidine rings is 1. The van der Waals surface area contributed by atoms with Crippen molar-refractivity contribution in [1.29, 1.82) is 0 Å². The highest BCUT2D eigenvalue weighted by Crippen LogP contribution is 2.22. The summed E-state index contributed by atoms with van der Waals surface area (Å²) >= 11 is 0. The average molecular weight is 338 g/mol. The Balaban J connectivity index is 2.01. The molecule has 23 heavy (non-hydrogen) atoms. The molecule has 6 heteroatoms. The second kappa shape index (κ2) is 6.61. The molecule has 0 saturated carbocycles. The SMILES string of the molecule is CC(C)(C)c1ccc(C(=O)NC2CCCN(S(C)(=O)=O)C2)cc1. The van der Waals surface area contributed by atoms with Gasteiger partial charge in [0.2, 0.25) is 10.0 Å². The number of benzene rings is 1. The van der Waals surface area contributed by atoms with Crippen molar-refractivity contribution in [3.05, 3.63) is 35.4 Å². The van der Waals surface area contributed by atoms with E-state index in [1.165, 1.54) is 16.1 Å². The maximum absolute atomic E-state index is 12.4.